The molecule has 0 amide bonds. The SMILES string of the molecule is CN=C(NCc1sc(C)nc1C)NC1CC1C.I. The molecule has 18 heavy (non-hydrogen) atoms. The molecule has 6 heteroatoms. The Kier molecular flexibility index (Phi) is 5.84. The van der Waals surface area contributed by atoms with E-state index in [0.29, 0.717) is 6.04 Å². The number of nitrogens with one attached hydrogen (secondary N) is 2. The molecule has 0 bridgehead atoms. The van der Waals surface area contributed by atoms with Gasteiger partial charge in [0.05, 0.1) is 17.2 Å². The van der Waals surface area contributed by atoms with Crippen LogP contribution in [0.2, 0.25) is 0 Å². The fourth-order valence-electron chi connectivity index (χ4n) is 1.79. The van der Waals surface area contributed by atoms with Crippen LogP contribution in [-0.2, 0) is 6.54 Å². The molecule has 2 N–H and O–H groups in total. The lowest BCUT2D eigenvalue weighted by atomic mass is 10.4. The van der Waals surface area contributed by atoms with Gasteiger partial charge in [-0.25, -0.2) is 4.98 Å². The molecule has 2 unspecified atom stereocenters. The van der Waals surface area contributed by atoms with Crippen molar-refractivity contribution in [3.63, 3.8) is 0 Å². The van der Waals surface area contributed by atoms with Crippen molar-refractivity contribution in [2.75, 3.05) is 7.05 Å². The zero-order chi connectivity index (χ0) is 12.4. The quantitative estimate of drug-likeness (QED) is 0.481. The van der Waals surface area contributed by atoms with Crippen molar-refractivity contribution in [2.45, 2.75) is 39.8 Å². The Bertz CT molecular complexity index is 430. The predicted octanol–water partition coefficient (Wildman–Crippen LogP) is 2.45. The molecular formula is C12H21IN4S. The largest absolute Gasteiger partial charge is 0.353 e. The molecule has 4 nitrogen and oxygen atoms in total. The van der Waals surface area contributed by atoms with E-state index in [-0.39, 0.29) is 24.0 Å². The topological polar surface area (TPSA) is 49.3 Å². The van der Waals surface area contributed by atoms with Gasteiger partial charge in [0, 0.05) is 18.0 Å². The maximum absolute atomic E-state index is 4.42. The molecule has 0 radical (unpaired) electrons. The number of hydrogen-bond donors (Lipinski definition) is 2. The van der Waals surface area contributed by atoms with E-state index < -0.39 is 0 Å². The highest BCUT2D eigenvalue weighted by molar-refractivity contribution is 14.0. The van der Waals surface area contributed by atoms with E-state index in [1.165, 1.54) is 11.3 Å². The van der Waals surface area contributed by atoms with Crippen LogP contribution in [0.15, 0.2) is 4.99 Å². The number of aromatic nitrogens is 1. The summed E-state index contributed by atoms with van der Waals surface area (Å²) in [5.74, 6) is 1.67. The van der Waals surface area contributed by atoms with Crippen LogP contribution in [0.25, 0.3) is 0 Å². The van der Waals surface area contributed by atoms with Gasteiger partial charge in [-0.3, -0.25) is 4.99 Å². The summed E-state index contributed by atoms with van der Waals surface area (Å²) in [6.45, 7) is 7.15. The fourth-order valence-corrected chi connectivity index (χ4v) is 2.67. The summed E-state index contributed by atoms with van der Waals surface area (Å²) >= 11 is 1.75. The van der Waals surface area contributed by atoms with Gasteiger partial charge in [-0.05, 0) is 26.2 Å². The third-order valence-corrected chi connectivity index (χ3v) is 4.14. The molecular weight excluding hydrogens is 359 g/mol. The smallest absolute Gasteiger partial charge is 0.191 e. The van der Waals surface area contributed by atoms with Crippen molar-refractivity contribution >= 4 is 41.3 Å². The summed E-state index contributed by atoms with van der Waals surface area (Å²) in [6.07, 6.45) is 1.25. The summed E-state index contributed by atoms with van der Waals surface area (Å²) in [7, 11) is 1.81. The number of guanidine groups is 1. The minimum absolute atomic E-state index is 0. The van der Waals surface area contributed by atoms with E-state index in [1.807, 2.05) is 14.0 Å². The molecule has 1 aliphatic rings. The Labute approximate surface area is 130 Å². The average molecular weight is 380 g/mol. The molecule has 1 heterocycles. The van der Waals surface area contributed by atoms with E-state index >= 15 is 0 Å². The van der Waals surface area contributed by atoms with Crippen molar-refractivity contribution in [3.8, 4) is 0 Å². The fraction of sp³-hybridized carbons (Fsp3) is 0.667. The highest BCUT2D eigenvalue weighted by atomic mass is 127. The number of halogens is 1. The second-order valence-corrected chi connectivity index (χ2v) is 5.92. The molecule has 2 atom stereocenters. The van der Waals surface area contributed by atoms with Crippen molar-refractivity contribution in [1.29, 1.82) is 0 Å². The second kappa shape index (κ2) is 6.70. The van der Waals surface area contributed by atoms with Crippen LogP contribution in [0.1, 0.15) is 28.9 Å². The summed E-state index contributed by atoms with van der Waals surface area (Å²) in [5.41, 5.74) is 1.12. The molecule has 0 spiro atoms. The van der Waals surface area contributed by atoms with E-state index in [0.717, 1.165) is 29.1 Å². The van der Waals surface area contributed by atoms with Gasteiger partial charge in [0.2, 0.25) is 0 Å². The number of nitrogens with zero attached hydrogens (tertiary/aromatic N) is 2. The number of aryl methyl sites for hydroxylation is 2. The van der Waals surface area contributed by atoms with Gasteiger partial charge in [0.1, 0.15) is 0 Å². The Morgan fingerprint density at radius 2 is 2.17 bits per heavy atom. The molecule has 1 aromatic heterocycles. The first-order valence-electron chi connectivity index (χ1n) is 6.00. The van der Waals surface area contributed by atoms with Gasteiger partial charge in [0.15, 0.2) is 5.96 Å². The van der Waals surface area contributed by atoms with Crippen LogP contribution in [0, 0.1) is 19.8 Å². The first kappa shape index (κ1) is 15.7. The van der Waals surface area contributed by atoms with Gasteiger partial charge in [-0.1, -0.05) is 6.92 Å². The Balaban J connectivity index is 0.00000162. The van der Waals surface area contributed by atoms with Crippen molar-refractivity contribution in [3.05, 3.63) is 15.6 Å². The molecule has 1 aliphatic carbocycles. The maximum atomic E-state index is 4.42. The van der Waals surface area contributed by atoms with Crippen LogP contribution in [-0.4, -0.2) is 24.0 Å². The zero-order valence-electron chi connectivity index (χ0n) is 11.3. The van der Waals surface area contributed by atoms with E-state index in [9.17, 15) is 0 Å². The lowest BCUT2D eigenvalue weighted by molar-refractivity contribution is 0.765. The Morgan fingerprint density at radius 3 is 2.61 bits per heavy atom. The standard InChI is InChI=1S/C12H20N4S.HI/c1-7-5-10(7)16-12(13-4)14-6-11-8(2)15-9(3)17-11;/h7,10H,5-6H2,1-4H3,(H2,13,14,16);1H. The lowest BCUT2D eigenvalue weighted by Crippen LogP contribution is -2.38. The summed E-state index contributed by atoms with van der Waals surface area (Å²) < 4.78 is 0. The Morgan fingerprint density at radius 1 is 1.50 bits per heavy atom. The third kappa shape index (κ3) is 4.08. The molecule has 2 rings (SSSR count). The summed E-state index contributed by atoms with van der Waals surface area (Å²) in [6, 6.07) is 0.602. The van der Waals surface area contributed by atoms with Gasteiger partial charge < -0.3 is 10.6 Å². The molecule has 0 aromatic carbocycles. The van der Waals surface area contributed by atoms with Crippen LogP contribution in [0.4, 0.5) is 0 Å². The number of hydrogen-bond acceptors (Lipinski definition) is 3. The van der Waals surface area contributed by atoms with Crippen LogP contribution >= 0.6 is 35.3 Å². The van der Waals surface area contributed by atoms with E-state index in [4.69, 9.17) is 0 Å². The van der Waals surface area contributed by atoms with Gasteiger partial charge >= 0.3 is 0 Å². The van der Waals surface area contributed by atoms with Crippen LogP contribution in [0.5, 0.6) is 0 Å². The highest BCUT2D eigenvalue weighted by Crippen LogP contribution is 2.28. The van der Waals surface area contributed by atoms with Crippen molar-refractivity contribution in [2.24, 2.45) is 10.9 Å². The van der Waals surface area contributed by atoms with Gasteiger partial charge in [0.25, 0.3) is 0 Å². The monoisotopic (exact) mass is 380 g/mol. The second-order valence-electron chi connectivity index (χ2n) is 4.63. The molecule has 1 fully saturated rings. The molecule has 1 saturated carbocycles. The maximum Gasteiger partial charge on any atom is 0.191 e. The minimum atomic E-state index is 0. The molecule has 0 aliphatic heterocycles. The first-order valence-corrected chi connectivity index (χ1v) is 6.82. The lowest BCUT2D eigenvalue weighted by Gasteiger charge is -2.10. The van der Waals surface area contributed by atoms with Crippen molar-refractivity contribution < 1.29 is 0 Å². The van der Waals surface area contributed by atoms with E-state index in [2.05, 4.69) is 34.5 Å². The van der Waals surface area contributed by atoms with Crippen LogP contribution < -0.4 is 10.6 Å². The number of rotatable bonds is 3. The highest BCUT2D eigenvalue weighted by Gasteiger charge is 2.33. The summed E-state index contributed by atoms with van der Waals surface area (Å²) in [5, 5.41) is 7.87. The zero-order valence-corrected chi connectivity index (χ0v) is 14.4. The van der Waals surface area contributed by atoms with Crippen LogP contribution in [0.3, 0.4) is 0 Å². The molecule has 102 valence electrons. The number of aliphatic imine (C=N–C) groups is 1. The minimum Gasteiger partial charge on any atom is -0.353 e. The third-order valence-electron chi connectivity index (χ3n) is 3.07. The summed E-state index contributed by atoms with van der Waals surface area (Å²) in [4.78, 5) is 9.94. The molecule has 1 aromatic rings. The molecule has 0 saturated heterocycles. The average Bonchev–Trinajstić information content (AvgIpc) is 2.87. The number of thiazole rings is 1. The Hall–Kier alpha value is -0.370. The van der Waals surface area contributed by atoms with Gasteiger partial charge in [-0.15, -0.1) is 35.3 Å². The predicted molar refractivity (Wildman–Crippen MR) is 87.9 cm³/mol. The van der Waals surface area contributed by atoms with E-state index in [1.54, 1.807) is 11.3 Å². The first-order chi connectivity index (χ1) is 8.10. The normalized spacial score (nSPS) is 22.3. The van der Waals surface area contributed by atoms with Gasteiger partial charge in [-0.2, -0.15) is 0 Å². The van der Waals surface area contributed by atoms with Crippen molar-refractivity contribution in [1.82, 2.24) is 15.6 Å².